The van der Waals surface area contributed by atoms with Gasteiger partial charge in [-0.15, -0.1) is 6.42 Å². The van der Waals surface area contributed by atoms with Crippen LogP contribution in [0.15, 0.2) is 12.1 Å². The summed E-state index contributed by atoms with van der Waals surface area (Å²) in [6.07, 6.45) is 5.33. The predicted octanol–water partition coefficient (Wildman–Crippen LogP) is 2.35. The minimum atomic E-state index is 0.113. The number of aromatic nitrogens is 1. The van der Waals surface area contributed by atoms with E-state index in [1.165, 1.54) is 5.56 Å². The smallest absolute Gasteiger partial charge is 0.129 e. The van der Waals surface area contributed by atoms with Crippen LogP contribution in [0.5, 0.6) is 0 Å². The van der Waals surface area contributed by atoms with Crippen molar-refractivity contribution in [2.24, 2.45) is 0 Å². The van der Waals surface area contributed by atoms with Crippen molar-refractivity contribution in [3.63, 3.8) is 0 Å². The highest BCUT2D eigenvalue weighted by molar-refractivity contribution is 5.43. The maximum Gasteiger partial charge on any atom is 0.129 e. The Bertz CT molecular complexity index is 438. The first-order valence-electron chi connectivity index (χ1n) is 6.19. The third kappa shape index (κ3) is 4.77. The van der Waals surface area contributed by atoms with Gasteiger partial charge in [-0.2, -0.15) is 0 Å². The number of nitrogens with one attached hydrogen (secondary N) is 1. The highest BCUT2D eigenvalue weighted by Crippen LogP contribution is 2.14. The van der Waals surface area contributed by atoms with Gasteiger partial charge in [0.25, 0.3) is 0 Å². The molecule has 0 unspecified atom stereocenters. The standard InChI is InChI=1S/C15H23N3/c1-7-8-18(6)14-10-13(9-12(2)17-14)11-16-15(3,4)5/h1,9-10,16H,8,11H2,2-6H3. The Morgan fingerprint density at radius 2 is 2.06 bits per heavy atom. The van der Waals surface area contributed by atoms with Crippen LogP contribution in [0.3, 0.4) is 0 Å². The maximum absolute atomic E-state index is 5.33. The molecule has 0 aromatic carbocycles. The molecule has 1 rings (SSSR count). The van der Waals surface area contributed by atoms with Crippen molar-refractivity contribution in [2.45, 2.75) is 39.8 Å². The summed E-state index contributed by atoms with van der Waals surface area (Å²) in [7, 11) is 1.96. The van der Waals surface area contributed by atoms with Crippen molar-refractivity contribution in [2.75, 3.05) is 18.5 Å². The Labute approximate surface area is 111 Å². The Kier molecular flexibility index (Phi) is 4.75. The van der Waals surface area contributed by atoms with E-state index in [4.69, 9.17) is 6.42 Å². The van der Waals surface area contributed by atoms with Gasteiger partial charge in [-0.3, -0.25) is 0 Å². The number of aryl methyl sites for hydroxylation is 1. The quantitative estimate of drug-likeness (QED) is 0.825. The SMILES string of the molecule is C#CCN(C)c1cc(CNC(C)(C)C)cc(C)n1. The molecule has 0 aliphatic rings. The molecule has 0 aliphatic carbocycles. The van der Waals surface area contributed by atoms with Crippen LogP contribution >= 0.6 is 0 Å². The van der Waals surface area contributed by atoms with Crippen LogP contribution in [0, 0.1) is 19.3 Å². The molecule has 1 heterocycles. The zero-order chi connectivity index (χ0) is 13.8. The second-order valence-electron chi connectivity index (χ2n) is 5.64. The van der Waals surface area contributed by atoms with Crippen molar-refractivity contribution in [1.82, 2.24) is 10.3 Å². The van der Waals surface area contributed by atoms with Gasteiger partial charge in [-0.25, -0.2) is 4.98 Å². The molecule has 0 saturated heterocycles. The number of terminal acetylenes is 1. The molecule has 0 spiro atoms. The van der Waals surface area contributed by atoms with E-state index in [9.17, 15) is 0 Å². The molecule has 1 aromatic heterocycles. The first-order valence-corrected chi connectivity index (χ1v) is 6.19. The second kappa shape index (κ2) is 5.88. The Morgan fingerprint density at radius 1 is 1.39 bits per heavy atom. The van der Waals surface area contributed by atoms with E-state index in [0.717, 1.165) is 18.1 Å². The first-order chi connectivity index (χ1) is 8.31. The minimum Gasteiger partial charge on any atom is -0.349 e. The lowest BCUT2D eigenvalue weighted by Gasteiger charge is -2.22. The lowest BCUT2D eigenvalue weighted by Crippen LogP contribution is -2.35. The van der Waals surface area contributed by atoms with Crippen molar-refractivity contribution in [3.8, 4) is 12.3 Å². The van der Waals surface area contributed by atoms with Crippen molar-refractivity contribution in [1.29, 1.82) is 0 Å². The topological polar surface area (TPSA) is 28.2 Å². The van der Waals surface area contributed by atoms with E-state index < -0.39 is 0 Å². The third-order valence-electron chi connectivity index (χ3n) is 2.54. The molecule has 0 radical (unpaired) electrons. The molecule has 0 bridgehead atoms. The monoisotopic (exact) mass is 245 g/mol. The molecule has 98 valence electrons. The van der Waals surface area contributed by atoms with Crippen molar-refractivity contribution < 1.29 is 0 Å². The summed E-state index contributed by atoms with van der Waals surface area (Å²) in [5.74, 6) is 3.56. The summed E-state index contributed by atoms with van der Waals surface area (Å²) in [5, 5.41) is 3.48. The predicted molar refractivity (Wildman–Crippen MR) is 77.7 cm³/mol. The molecule has 1 aromatic rings. The van der Waals surface area contributed by atoms with Crippen LogP contribution in [0.4, 0.5) is 5.82 Å². The molecule has 3 nitrogen and oxygen atoms in total. The molecular formula is C15H23N3. The van der Waals surface area contributed by atoms with E-state index in [-0.39, 0.29) is 5.54 Å². The van der Waals surface area contributed by atoms with Gasteiger partial charge >= 0.3 is 0 Å². The molecule has 0 atom stereocenters. The first kappa shape index (κ1) is 14.5. The number of rotatable bonds is 4. The average Bonchev–Trinajstić information content (AvgIpc) is 2.25. The van der Waals surface area contributed by atoms with E-state index in [1.807, 2.05) is 18.9 Å². The number of anilines is 1. The van der Waals surface area contributed by atoms with Crippen LogP contribution in [0.2, 0.25) is 0 Å². The van der Waals surface area contributed by atoms with E-state index in [0.29, 0.717) is 6.54 Å². The summed E-state index contributed by atoms with van der Waals surface area (Å²) in [4.78, 5) is 6.48. The van der Waals surface area contributed by atoms with Crippen molar-refractivity contribution in [3.05, 3.63) is 23.4 Å². The van der Waals surface area contributed by atoms with Gasteiger partial charge < -0.3 is 10.2 Å². The normalized spacial score (nSPS) is 11.1. The number of nitrogens with zero attached hydrogens (tertiary/aromatic N) is 2. The Morgan fingerprint density at radius 3 is 2.61 bits per heavy atom. The van der Waals surface area contributed by atoms with Gasteiger partial charge in [-0.1, -0.05) is 5.92 Å². The lowest BCUT2D eigenvalue weighted by atomic mass is 10.1. The molecule has 0 aliphatic heterocycles. The molecule has 18 heavy (non-hydrogen) atoms. The van der Waals surface area contributed by atoms with Crippen LogP contribution in [0.25, 0.3) is 0 Å². The summed E-state index contributed by atoms with van der Waals surface area (Å²) in [5.41, 5.74) is 2.36. The van der Waals surface area contributed by atoms with Gasteiger partial charge in [0.2, 0.25) is 0 Å². The fourth-order valence-electron chi connectivity index (χ4n) is 1.60. The highest BCUT2D eigenvalue weighted by Gasteiger charge is 2.10. The largest absolute Gasteiger partial charge is 0.349 e. The van der Waals surface area contributed by atoms with Gasteiger partial charge in [0.1, 0.15) is 5.82 Å². The number of pyridine rings is 1. The fraction of sp³-hybridized carbons (Fsp3) is 0.533. The number of hydrogen-bond donors (Lipinski definition) is 1. The van der Waals surface area contributed by atoms with E-state index in [2.05, 4.69) is 49.1 Å². The minimum absolute atomic E-state index is 0.113. The second-order valence-corrected chi connectivity index (χ2v) is 5.64. The third-order valence-corrected chi connectivity index (χ3v) is 2.54. The van der Waals surface area contributed by atoms with Crippen molar-refractivity contribution >= 4 is 5.82 Å². The maximum atomic E-state index is 5.33. The molecule has 0 saturated carbocycles. The van der Waals surface area contributed by atoms with Crippen LogP contribution in [0.1, 0.15) is 32.0 Å². The summed E-state index contributed by atoms with van der Waals surface area (Å²) in [6, 6.07) is 4.19. The summed E-state index contributed by atoms with van der Waals surface area (Å²) < 4.78 is 0. The summed E-state index contributed by atoms with van der Waals surface area (Å²) in [6.45, 7) is 9.89. The number of hydrogen-bond acceptors (Lipinski definition) is 3. The summed E-state index contributed by atoms with van der Waals surface area (Å²) >= 11 is 0. The average molecular weight is 245 g/mol. The zero-order valence-corrected chi connectivity index (χ0v) is 12.0. The fourth-order valence-corrected chi connectivity index (χ4v) is 1.60. The van der Waals surface area contributed by atoms with Crippen LogP contribution in [-0.4, -0.2) is 24.1 Å². The van der Waals surface area contributed by atoms with Gasteiger partial charge in [0.05, 0.1) is 6.54 Å². The molecular weight excluding hydrogens is 222 g/mol. The van der Waals surface area contributed by atoms with Gasteiger partial charge in [0, 0.05) is 24.8 Å². The van der Waals surface area contributed by atoms with E-state index in [1.54, 1.807) is 0 Å². The van der Waals surface area contributed by atoms with Crippen LogP contribution < -0.4 is 10.2 Å². The van der Waals surface area contributed by atoms with Crippen LogP contribution in [-0.2, 0) is 6.54 Å². The molecule has 0 fully saturated rings. The zero-order valence-electron chi connectivity index (χ0n) is 12.0. The Hall–Kier alpha value is -1.53. The molecule has 0 amide bonds. The Balaban J connectivity index is 2.84. The highest BCUT2D eigenvalue weighted by atomic mass is 15.2. The van der Waals surface area contributed by atoms with Gasteiger partial charge in [-0.05, 0) is 45.4 Å². The molecule has 1 N–H and O–H groups in total. The van der Waals surface area contributed by atoms with Gasteiger partial charge in [0.15, 0.2) is 0 Å². The van der Waals surface area contributed by atoms with E-state index >= 15 is 0 Å². The lowest BCUT2D eigenvalue weighted by molar-refractivity contribution is 0.424. The molecule has 3 heteroatoms.